The van der Waals surface area contributed by atoms with Crippen LogP contribution in [-0.2, 0) is 5.41 Å². The maximum Gasteiger partial charge on any atom is 0.0508 e. The maximum absolute atomic E-state index is 4.25. The second kappa shape index (κ2) is 3.32. The fraction of sp³-hybridized carbons (Fsp3) is 0.500. The zero-order valence-corrected chi connectivity index (χ0v) is 10.1. The molecule has 2 heteroatoms. The van der Waals surface area contributed by atoms with Gasteiger partial charge in [0.25, 0.3) is 0 Å². The van der Waals surface area contributed by atoms with Crippen LogP contribution in [0.5, 0.6) is 0 Å². The maximum atomic E-state index is 4.25. The van der Waals surface area contributed by atoms with Gasteiger partial charge in [-0.1, -0.05) is 20.8 Å². The standard InChI is InChI=1S/C10H14IN/c1-7-9(11)8(5-6-12-7)10(2,3)4/h5-6H,1-4H3. The van der Waals surface area contributed by atoms with Crippen LogP contribution in [0.1, 0.15) is 32.0 Å². The largest absolute Gasteiger partial charge is 0.260 e. The van der Waals surface area contributed by atoms with Gasteiger partial charge in [-0.15, -0.1) is 0 Å². The highest BCUT2D eigenvalue weighted by Crippen LogP contribution is 2.27. The summed E-state index contributed by atoms with van der Waals surface area (Å²) in [6.45, 7) is 8.73. The predicted octanol–water partition coefficient (Wildman–Crippen LogP) is 3.29. The predicted molar refractivity (Wildman–Crippen MR) is 60.4 cm³/mol. The van der Waals surface area contributed by atoms with Gasteiger partial charge in [0.1, 0.15) is 0 Å². The minimum atomic E-state index is 0.226. The van der Waals surface area contributed by atoms with E-state index in [-0.39, 0.29) is 5.41 Å². The Balaban J connectivity index is 3.26. The van der Waals surface area contributed by atoms with Crippen LogP contribution in [0, 0.1) is 10.5 Å². The lowest BCUT2D eigenvalue weighted by Crippen LogP contribution is -2.14. The first kappa shape index (κ1) is 9.96. The van der Waals surface area contributed by atoms with Gasteiger partial charge in [-0.2, -0.15) is 0 Å². The van der Waals surface area contributed by atoms with E-state index in [1.807, 2.05) is 6.20 Å². The van der Waals surface area contributed by atoms with Crippen LogP contribution in [0.15, 0.2) is 12.3 Å². The summed E-state index contributed by atoms with van der Waals surface area (Å²) in [5.41, 5.74) is 2.74. The molecule has 0 aliphatic heterocycles. The average Bonchev–Trinajstić information content (AvgIpc) is 1.92. The third-order valence-electron chi connectivity index (χ3n) is 1.87. The number of aromatic nitrogens is 1. The van der Waals surface area contributed by atoms with Gasteiger partial charge in [0.05, 0.1) is 5.69 Å². The van der Waals surface area contributed by atoms with Gasteiger partial charge in [0.15, 0.2) is 0 Å². The summed E-state index contributed by atoms with van der Waals surface area (Å²) in [5, 5.41) is 0. The molecule has 0 fully saturated rings. The highest BCUT2D eigenvalue weighted by atomic mass is 127. The summed E-state index contributed by atoms with van der Waals surface area (Å²) in [6.07, 6.45) is 1.89. The van der Waals surface area contributed by atoms with E-state index in [4.69, 9.17) is 0 Å². The first-order valence-corrected chi connectivity index (χ1v) is 5.12. The zero-order valence-electron chi connectivity index (χ0n) is 7.98. The van der Waals surface area contributed by atoms with E-state index in [1.165, 1.54) is 9.13 Å². The molecule has 0 saturated heterocycles. The van der Waals surface area contributed by atoms with E-state index in [9.17, 15) is 0 Å². The average molecular weight is 275 g/mol. The summed E-state index contributed by atoms with van der Waals surface area (Å²) in [7, 11) is 0. The summed E-state index contributed by atoms with van der Waals surface area (Å²) in [6, 6.07) is 2.11. The number of rotatable bonds is 0. The zero-order chi connectivity index (χ0) is 9.35. The van der Waals surface area contributed by atoms with Crippen LogP contribution in [-0.4, -0.2) is 4.98 Å². The smallest absolute Gasteiger partial charge is 0.0508 e. The number of hydrogen-bond acceptors (Lipinski definition) is 1. The molecule has 0 aromatic carbocycles. The quantitative estimate of drug-likeness (QED) is 0.662. The molecule has 0 amide bonds. The highest BCUT2D eigenvalue weighted by Gasteiger charge is 2.17. The van der Waals surface area contributed by atoms with Crippen molar-refractivity contribution in [3.05, 3.63) is 27.1 Å². The lowest BCUT2D eigenvalue weighted by molar-refractivity contribution is 0.584. The minimum absolute atomic E-state index is 0.226. The second-order valence-corrected chi connectivity index (χ2v) is 5.09. The Morgan fingerprint density at radius 2 is 1.92 bits per heavy atom. The third kappa shape index (κ3) is 1.97. The van der Waals surface area contributed by atoms with Gasteiger partial charge in [-0.3, -0.25) is 4.98 Å². The monoisotopic (exact) mass is 275 g/mol. The van der Waals surface area contributed by atoms with Crippen LogP contribution in [0.2, 0.25) is 0 Å². The van der Waals surface area contributed by atoms with Crippen LogP contribution in [0.25, 0.3) is 0 Å². The van der Waals surface area contributed by atoms with E-state index < -0.39 is 0 Å². The van der Waals surface area contributed by atoms with E-state index in [1.54, 1.807) is 0 Å². The lowest BCUT2D eigenvalue weighted by atomic mass is 9.87. The highest BCUT2D eigenvalue weighted by molar-refractivity contribution is 14.1. The third-order valence-corrected chi connectivity index (χ3v) is 3.23. The Kier molecular flexibility index (Phi) is 2.76. The first-order valence-electron chi connectivity index (χ1n) is 4.04. The molecule has 0 atom stereocenters. The van der Waals surface area contributed by atoms with Crippen molar-refractivity contribution in [1.29, 1.82) is 0 Å². The Labute approximate surface area is 87.7 Å². The molecule has 0 bridgehead atoms. The molecule has 1 nitrogen and oxygen atoms in total. The van der Waals surface area contributed by atoms with Crippen LogP contribution in [0.4, 0.5) is 0 Å². The molecule has 66 valence electrons. The fourth-order valence-corrected chi connectivity index (χ4v) is 2.26. The Hall–Kier alpha value is -0.120. The molecule has 0 radical (unpaired) electrons. The van der Waals surface area contributed by atoms with Crippen molar-refractivity contribution < 1.29 is 0 Å². The van der Waals surface area contributed by atoms with Gasteiger partial charge in [-0.25, -0.2) is 0 Å². The fourth-order valence-electron chi connectivity index (χ4n) is 1.13. The van der Waals surface area contributed by atoms with Crippen molar-refractivity contribution in [1.82, 2.24) is 4.98 Å². The molecule has 1 heterocycles. The molecule has 0 aliphatic carbocycles. The summed E-state index contributed by atoms with van der Waals surface area (Å²) in [4.78, 5) is 4.25. The molecular weight excluding hydrogens is 261 g/mol. The van der Waals surface area contributed by atoms with E-state index in [0.717, 1.165) is 5.69 Å². The molecule has 0 N–H and O–H groups in total. The summed E-state index contributed by atoms with van der Waals surface area (Å²) in [5.74, 6) is 0. The Morgan fingerprint density at radius 1 is 1.33 bits per heavy atom. The second-order valence-electron chi connectivity index (χ2n) is 4.01. The summed E-state index contributed by atoms with van der Waals surface area (Å²) >= 11 is 2.37. The van der Waals surface area contributed by atoms with Gasteiger partial charge < -0.3 is 0 Å². The molecule has 0 aliphatic rings. The number of halogens is 1. The number of pyridine rings is 1. The SMILES string of the molecule is Cc1nccc(C(C)(C)C)c1I. The molecule has 0 spiro atoms. The van der Waals surface area contributed by atoms with E-state index in [2.05, 4.69) is 61.3 Å². The van der Waals surface area contributed by atoms with Crippen molar-refractivity contribution >= 4 is 22.6 Å². The molecule has 0 saturated carbocycles. The molecule has 12 heavy (non-hydrogen) atoms. The normalized spacial score (nSPS) is 11.8. The van der Waals surface area contributed by atoms with Crippen molar-refractivity contribution in [2.24, 2.45) is 0 Å². The minimum Gasteiger partial charge on any atom is -0.260 e. The van der Waals surface area contributed by atoms with Gasteiger partial charge >= 0.3 is 0 Å². The van der Waals surface area contributed by atoms with E-state index in [0.29, 0.717) is 0 Å². The van der Waals surface area contributed by atoms with Gasteiger partial charge in [-0.05, 0) is 46.6 Å². The van der Waals surface area contributed by atoms with Crippen molar-refractivity contribution in [3.63, 3.8) is 0 Å². The van der Waals surface area contributed by atoms with Crippen LogP contribution < -0.4 is 0 Å². The van der Waals surface area contributed by atoms with E-state index >= 15 is 0 Å². The van der Waals surface area contributed by atoms with Crippen molar-refractivity contribution in [2.45, 2.75) is 33.1 Å². The van der Waals surface area contributed by atoms with Crippen molar-refractivity contribution in [2.75, 3.05) is 0 Å². The lowest BCUT2D eigenvalue weighted by Gasteiger charge is -2.21. The Morgan fingerprint density at radius 3 is 2.33 bits per heavy atom. The number of nitrogens with zero attached hydrogens (tertiary/aromatic N) is 1. The number of aryl methyl sites for hydroxylation is 1. The molecular formula is C10H14IN. The molecule has 1 aromatic rings. The van der Waals surface area contributed by atoms with Crippen molar-refractivity contribution in [3.8, 4) is 0 Å². The first-order chi connectivity index (χ1) is 5.43. The topological polar surface area (TPSA) is 12.9 Å². The number of hydrogen-bond donors (Lipinski definition) is 0. The van der Waals surface area contributed by atoms with Crippen LogP contribution in [0.3, 0.4) is 0 Å². The Bertz CT molecular complexity index is 286. The van der Waals surface area contributed by atoms with Gasteiger partial charge in [0, 0.05) is 9.77 Å². The van der Waals surface area contributed by atoms with Gasteiger partial charge in [0.2, 0.25) is 0 Å². The summed E-state index contributed by atoms with van der Waals surface area (Å²) < 4.78 is 1.29. The van der Waals surface area contributed by atoms with Crippen LogP contribution >= 0.6 is 22.6 Å². The molecule has 1 aromatic heterocycles. The molecule has 1 rings (SSSR count). The molecule has 0 unspecified atom stereocenters.